The lowest BCUT2D eigenvalue weighted by atomic mass is 9.96. The van der Waals surface area contributed by atoms with Crippen molar-refractivity contribution in [3.63, 3.8) is 0 Å². The second-order valence-electron chi connectivity index (χ2n) is 9.76. The molecular weight excluding hydrogens is 457 g/mol. The molecule has 1 aromatic carbocycles. The molecule has 10 heteroatoms. The highest BCUT2D eigenvalue weighted by molar-refractivity contribution is 5.94. The van der Waals surface area contributed by atoms with Crippen LogP contribution in [0.3, 0.4) is 0 Å². The third-order valence-corrected chi connectivity index (χ3v) is 7.29. The average Bonchev–Trinajstić information content (AvgIpc) is 3.22. The van der Waals surface area contributed by atoms with Gasteiger partial charge < -0.3 is 20.9 Å². The molecule has 0 unspecified atom stereocenters. The zero-order valence-corrected chi connectivity index (χ0v) is 20.2. The number of piperidine rings is 1. The molecule has 1 saturated carbocycles. The van der Waals surface area contributed by atoms with Crippen LogP contribution >= 0.6 is 0 Å². The number of halogens is 3. The number of nitrogens with two attached hydrogens (primary N) is 1. The van der Waals surface area contributed by atoms with E-state index in [0.29, 0.717) is 11.3 Å². The second-order valence-corrected chi connectivity index (χ2v) is 9.76. The van der Waals surface area contributed by atoms with Gasteiger partial charge >= 0.3 is 6.18 Å². The minimum absolute atomic E-state index is 0.0225. The van der Waals surface area contributed by atoms with Gasteiger partial charge in [-0.3, -0.25) is 4.79 Å². The highest BCUT2D eigenvalue weighted by Crippen LogP contribution is 2.35. The number of alkyl halides is 3. The van der Waals surface area contributed by atoms with Crippen molar-refractivity contribution in [3.05, 3.63) is 47.3 Å². The van der Waals surface area contributed by atoms with E-state index >= 15 is 0 Å². The van der Waals surface area contributed by atoms with Crippen molar-refractivity contribution in [1.29, 1.82) is 0 Å². The van der Waals surface area contributed by atoms with Gasteiger partial charge in [-0.05, 0) is 82.4 Å². The topological polar surface area (TPSA) is 87.4 Å². The van der Waals surface area contributed by atoms with Crippen LogP contribution in [0.25, 0.3) is 0 Å². The van der Waals surface area contributed by atoms with Gasteiger partial charge in [-0.2, -0.15) is 13.2 Å². The highest BCUT2D eigenvalue weighted by atomic mass is 19.4. The summed E-state index contributed by atoms with van der Waals surface area (Å²) >= 11 is 0. The fourth-order valence-corrected chi connectivity index (χ4v) is 5.01. The Morgan fingerprint density at radius 1 is 1.17 bits per heavy atom. The number of rotatable bonds is 6. The number of hydrogen-bond acceptors (Lipinski definition) is 6. The Morgan fingerprint density at radius 3 is 2.46 bits per heavy atom. The molecule has 190 valence electrons. The molecule has 3 N–H and O–H groups in total. The molecule has 2 fully saturated rings. The molecule has 1 amide bonds. The first-order valence-corrected chi connectivity index (χ1v) is 12.1. The predicted octanol–water partition coefficient (Wildman–Crippen LogP) is 4.08. The summed E-state index contributed by atoms with van der Waals surface area (Å²) in [6.45, 7) is 1.93. The maximum Gasteiger partial charge on any atom is 0.419 e. The van der Waals surface area contributed by atoms with Gasteiger partial charge in [0, 0.05) is 36.6 Å². The van der Waals surface area contributed by atoms with Gasteiger partial charge in [-0.15, -0.1) is 0 Å². The van der Waals surface area contributed by atoms with E-state index in [0.717, 1.165) is 51.4 Å². The van der Waals surface area contributed by atoms with Gasteiger partial charge in [-0.25, -0.2) is 9.97 Å². The van der Waals surface area contributed by atoms with Gasteiger partial charge in [0.15, 0.2) is 0 Å². The first-order valence-electron chi connectivity index (χ1n) is 12.1. The maximum absolute atomic E-state index is 13.5. The number of hydrogen-bond donors (Lipinski definition) is 2. The Kier molecular flexibility index (Phi) is 7.61. The van der Waals surface area contributed by atoms with E-state index in [-0.39, 0.29) is 42.0 Å². The van der Waals surface area contributed by atoms with Crippen molar-refractivity contribution in [3.8, 4) is 0 Å². The van der Waals surface area contributed by atoms with E-state index in [1.165, 1.54) is 0 Å². The quantitative estimate of drug-likeness (QED) is 0.635. The molecule has 1 saturated heterocycles. The van der Waals surface area contributed by atoms with E-state index in [2.05, 4.69) is 27.2 Å². The Balaban J connectivity index is 1.46. The number of carbonyl (C=O) groups is 1. The SMILES string of the molecule is CN1CCC(N(C)C(=O)c2ccc(Nc3ncc(C(F)(F)F)c(C[C@@H]4CCC[C@@H]4N)n3)cc2)CC1. The normalized spacial score (nSPS) is 21.8. The number of aromatic nitrogens is 2. The van der Waals surface area contributed by atoms with Gasteiger partial charge in [0.2, 0.25) is 5.95 Å². The van der Waals surface area contributed by atoms with Crippen molar-refractivity contribution in [2.45, 2.75) is 56.8 Å². The Labute approximate surface area is 203 Å². The third-order valence-electron chi connectivity index (χ3n) is 7.29. The molecule has 7 nitrogen and oxygen atoms in total. The second kappa shape index (κ2) is 10.5. The number of carbonyl (C=O) groups excluding carboxylic acids is 1. The van der Waals surface area contributed by atoms with Gasteiger partial charge in [0.25, 0.3) is 5.91 Å². The first-order chi connectivity index (χ1) is 16.6. The molecule has 0 spiro atoms. The summed E-state index contributed by atoms with van der Waals surface area (Å²) in [7, 11) is 3.91. The molecule has 1 aliphatic carbocycles. The molecular formula is C25H33F3N6O. The van der Waals surface area contributed by atoms with Gasteiger partial charge in [0.1, 0.15) is 0 Å². The molecule has 4 rings (SSSR count). The zero-order valence-electron chi connectivity index (χ0n) is 20.2. The summed E-state index contributed by atoms with van der Waals surface area (Å²) in [6, 6.07) is 6.94. The standard InChI is InChI=1S/C25H33F3N6O/c1-33-12-10-19(11-13-33)34(2)23(35)16-6-8-18(9-7-16)31-24-30-15-20(25(26,27)28)22(32-24)14-17-4-3-5-21(17)29/h6-9,15,17,19,21H,3-5,10-14,29H2,1-2H3,(H,30,31,32)/t17-,21-/m0/s1. The summed E-state index contributed by atoms with van der Waals surface area (Å²) in [4.78, 5) is 25.1. The van der Waals surface area contributed by atoms with Crippen LogP contribution in [0.5, 0.6) is 0 Å². The number of nitrogens with one attached hydrogen (secondary N) is 1. The van der Waals surface area contributed by atoms with E-state index in [4.69, 9.17) is 5.73 Å². The summed E-state index contributed by atoms with van der Waals surface area (Å²) in [5.74, 6) is 0.0138. The Bertz CT molecular complexity index is 1020. The molecule has 0 bridgehead atoms. The third kappa shape index (κ3) is 6.10. The maximum atomic E-state index is 13.5. The molecule has 2 heterocycles. The highest BCUT2D eigenvalue weighted by Gasteiger charge is 2.36. The largest absolute Gasteiger partial charge is 0.419 e. The minimum Gasteiger partial charge on any atom is -0.339 e. The number of anilines is 2. The lowest BCUT2D eigenvalue weighted by Crippen LogP contribution is -2.44. The van der Waals surface area contributed by atoms with Crippen LogP contribution in [-0.4, -0.2) is 64.9 Å². The number of nitrogens with zero attached hydrogens (tertiary/aromatic N) is 4. The number of amides is 1. The van der Waals surface area contributed by atoms with E-state index in [9.17, 15) is 18.0 Å². The van der Waals surface area contributed by atoms with E-state index in [1.54, 1.807) is 29.2 Å². The van der Waals surface area contributed by atoms with Crippen LogP contribution in [-0.2, 0) is 12.6 Å². The Hall–Kier alpha value is -2.72. The van der Waals surface area contributed by atoms with Crippen LogP contribution in [0.15, 0.2) is 30.5 Å². The van der Waals surface area contributed by atoms with Crippen LogP contribution in [0.1, 0.15) is 53.7 Å². The fraction of sp³-hybridized carbons (Fsp3) is 0.560. The van der Waals surface area contributed by atoms with Crippen molar-refractivity contribution >= 4 is 17.5 Å². The van der Waals surface area contributed by atoms with E-state index in [1.807, 2.05) is 7.05 Å². The number of benzene rings is 1. The summed E-state index contributed by atoms with van der Waals surface area (Å²) in [5.41, 5.74) is 6.38. The molecule has 2 aromatic rings. The lowest BCUT2D eigenvalue weighted by Gasteiger charge is -2.35. The van der Waals surface area contributed by atoms with Crippen LogP contribution in [0.4, 0.5) is 24.8 Å². The molecule has 2 atom stereocenters. The first kappa shape index (κ1) is 25.4. The molecule has 35 heavy (non-hydrogen) atoms. The van der Waals surface area contributed by atoms with Crippen LogP contribution in [0, 0.1) is 5.92 Å². The van der Waals surface area contributed by atoms with Crippen LogP contribution in [0.2, 0.25) is 0 Å². The molecule has 2 aliphatic rings. The summed E-state index contributed by atoms with van der Waals surface area (Å²) in [5, 5.41) is 2.97. The van der Waals surface area contributed by atoms with Gasteiger partial charge in [0.05, 0.1) is 11.3 Å². The summed E-state index contributed by atoms with van der Waals surface area (Å²) < 4.78 is 40.6. The molecule has 1 aliphatic heterocycles. The zero-order chi connectivity index (χ0) is 25.2. The summed E-state index contributed by atoms with van der Waals surface area (Å²) in [6.07, 6.45) is 0.895. The van der Waals surface area contributed by atoms with Crippen molar-refractivity contribution in [2.75, 3.05) is 32.5 Å². The van der Waals surface area contributed by atoms with Crippen molar-refractivity contribution in [1.82, 2.24) is 19.8 Å². The fourth-order valence-electron chi connectivity index (χ4n) is 5.01. The number of likely N-dealkylation sites (tertiary alicyclic amines) is 1. The lowest BCUT2D eigenvalue weighted by molar-refractivity contribution is -0.138. The minimum atomic E-state index is -4.53. The average molecular weight is 491 g/mol. The molecule has 1 aromatic heterocycles. The monoisotopic (exact) mass is 490 g/mol. The van der Waals surface area contributed by atoms with E-state index < -0.39 is 11.7 Å². The van der Waals surface area contributed by atoms with Gasteiger partial charge in [-0.1, -0.05) is 6.42 Å². The Morgan fingerprint density at radius 2 is 1.86 bits per heavy atom. The van der Waals surface area contributed by atoms with Crippen LogP contribution < -0.4 is 11.1 Å². The molecule has 0 radical (unpaired) electrons. The van der Waals surface area contributed by atoms with Crippen molar-refractivity contribution < 1.29 is 18.0 Å². The predicted molar refractivity (Wildman–Crippen MR) is 128 cm³/mol. The smallest absolute Gasteiger partial charge is 0.339 e. The van der Waals surface area contributed by atoms with Crippen molar-refractivity contribution in [2.24, 2.45) is 11.7 Å².